The van der Waals surface area contributed by atoms with Crippen LogP contribution in [0.25, 0.3) is 0 Å². The monoisotopic (exact) mass is 1280 g/mol. The van der Waals surface area contributed by atoms with Crippen molar-refractivity contribution in [2.24, 2.45) is 0 Å². The molecule has 0 aliphatic rings. The molecule has 27 nitrogen and oxygen atoms in total. The summed E-state index contributed by atoms with van der Waals surface area (Å²) in [7, 11) is -23.6. The normalized spacial score (nSPS) is 16.3. The zero-order valence-electron chi connectivity index (χ0n) is 33.6. The van der Waals surface area contributed by atoms with Crippen LogP contribution < -0.4 is 0 Å². The second-order valence-electron chi connectivity index (χ2n) is 9.84. The summed E-state index contributed by atoms with van der Waals surface area (Å²) in [5, 5.41) is 0. The molecule has 0 amide bonds. The summed E-state index contributed by atoms with van der Waals surface area (Å²) in [5.41, 5.74) is 0. The molecule has 52 heteroatoms. The second kappa shape index (κ2) is 59.5. The van der Waals surface area contributed by atoms with Crippen molar-refractivity contribution in [3.05, 3.63) is 12.8 Å². The van der Waals surface area contributed by atoms with Gasteiger partial charge in [-0.15, -0.1) is 0 Å². The Balaban J connectivity index is 3.07. The lowest BCUT2D eigenvalue weighted by molar-refractivity contribution is 0.0838. The summed E-state index contributed by atoms with van der Waals surface area (Å²) in [5.74, 6) is 0. The summed E-state index contributed by atoms with van der Waals surface area (Å²) in [6.45, 7) is 3.62. The van der Waals surface area contributed by atoms with E-state index in [1.807, 2.05) is 0 Å². The number of hydrogen-bond donors (Lipinski definition) is 0. The van der Waals surface area contributed by atoms with Crippen molar-refractivity contribution in [2.75, 3.05) is 6.61 Å². The Labute approximate surface area is 404 Å². The van der Waals surface area contributed by atoms with E-state index in [2.05, 4.69) is 11.3 Å². The third kappa shape index (κ3) is 59.5. The molecule has 0 aromatic heterocycles. The van der Waals surface area contributed by atoms with E-state index >= 15 is 0 Å². The predicted molar refractivity (Wildman–Crippen MR) is 278 cm³/mol. The highest BCUT2D eigenvalue weighted by atomic mass is 28.4. The van der Waals surface area contributed by atoms with Gasteiger partial charge in [0.2, 0.25) is 0 Å². The topological polar surface area (TPSA) is 257 Å². The minimum atomic E-state index is -1.08. The number of ether oxygens (including phenoxy) is 2. The van der Waals surface area contributed by atoms with Crippen LogP contribution in [0.5, 0.6) is 0 Å². The largest absolute Gasteiger partial charge is 0.513 e. The SMILES string of the molecule is C=COC(=O)OCCCC[SiH2]O[SiH2]O[SiH2]O[SiH2]O[SiH2]O[SiH2]O[SiH2]O[SiH2]O[SiH2]O[SiH2]O[SiH2]O[SiH2]O[SiH2]O[SiH2]O[SiH2]O[SiH2]O[SiH2]O[SiH2]O[SiH2]O[SiH2]O[SiH2]O[SiH2]O[SiH2]O[SiH2]O[SiH3]. The predicted octanol–water partition coefficient (Wildman–Crippen LogP) is -22.8. The van der Waals surface area contributed by atoms with Gasteiger partial charge in [-0.1, -0.05) is 13.0 Å². The first-order valence-electron chi connectivity index (χ1n) is 17.5. The molecule has 0 fully saturated rings. The molecule has 0 rings (SSSR count). The minimum Gasteiger partial charge on any atom is -0.449 e. The van der Waals surface area contributed by atoms with Crippen molar-refractivity contribution >= 4 is 257 Å². The van der Waals surface area contributed by atoms with Gasteiger partial charge in [-0.3, -0.25) is 0 Å². The molecule has 0 saturated carbocycles. The molecular weight excluding hydrogens is 1220 g/mol. The van der Waals surface area contributed by atoms with Crippen LogP contribution in [-0.4, -0.2) is 263 Å². The number of carbonyl (C=O) groups is 1. The maximum absolute atomic E-state index is 11.0. The van der Waals surface area contributed by atoms with Gasteiger partial charge in [0, 0.05) is 0 Å². The Bertz CT molecular complexity index is 830. The number of hydrogen-bond acceptors (Lipinski definition) is 27. The van der Waals surface area contributed by atoms with Gasteiger partial charge in [0.05, 0.1) is 12.9 Å². The molecule has 0 N–H and O–H groups in total. The van der Waals surface area contributed by atoms with Crippen LogP contribution in [0.4, 0.5) is 4.79 Å². The van der Waals surface area contributed by atoms with Crippen molar-refractivity contribution < 1.29 is 113 Å². The highest BCUT2D eigenvalue weighted by Gasteiger charge is 2.02. The molecule has 0 aromatic carbocycles. The van der Waals surface area contributed by atoms with E-state index in [0.29, 0.717) is 6.61 Å². The Kier molecular flexibility index (Phi) is 63.0. The first-order chi connectivity index (χ1) is 29.3. The van der Waals surface area contributed by atoms with E-state index in [0.717, 1.165) is 35.6 Å². The highest BCUT2D eigenvalue weighted by Crippen LogP contribution is 1.97. The van der Waals surface area contributed by atoms with Gasteiger partial charge in [-0.25, -0.2) is 4.79 Å². The average molecular weight is 1280 g/mol. The molecule has 0 aliphatic heterocycles. The molecule has 0 aromatic rings. The molecule has 0 heterocycles. The highest BCUT2D eigenvalue weighted by molar-refractivity contribution is 6.53. The van der Waals surface area contributed by atoms with E-state index in [1.54, 1.807) is 0 Å². The summed E-state index contributed by atoms with van der Waals surface area (Å²) >= 11 is 0. The molecule has 0 spiro atoms. The maximum Gasteiger partial charge on any atom is 0.513 e. The van der Waals surface area contributed by atoms with E-state index in [1.165, 1.54) is 0 Å². The third-order valence-corrected chi connectivity index (χ3v) is 38.1. The number of unbranched alkanes of at least 4 members (excludes halogenated alkanes) is 1. The lowest BCUT2D eigenvalue weighted by Crippen LogP contribution is -2.23. The van der Waals surface area contributed by atoms with E-state index < -0.39 is 246 Å². The van der Waals surface area contributed by atoms with Crippen LogP contribution in [0.1, 0.15) is 12.8 Å². The van der Waals surface area contributed by atoms with E-state index in [-0.39, 0.29) is 0 Å². The summed E-state index contributed by atoms with van der Waals surface area (Å²) < 4.78 is 141. The summed E-state index contributed by atoms with van der Waals surface area (Å²) in [6.07, 6.45) is 2.05. The Morgan fingerprint density at radius 2 is 0.610 bits per heavy atom. The molecule has 0 saturated heterocycles. The fourth-order valence-corrected chi connectivity index (χ4v) is 46.6. The molecule has 0 radical (unpaired) electrons. The maximum atomic E-state index is 11.0. The van der Waals surface area contributed by atoms with Crippen molar-refractivity contribution in [1.82, 2.24) is 0 Å². The molecule has 59 heavy (non-hydrogen) atoms. The van der Waals surface area contributed by atoms with Gasteiger partial charge in [0.15, 0.2) is 0 Å². The van der Waals surface area contributed by atoms with E-state index in [4.69, 9.17) is 104 Å². The van der Waals surface area contributed by atoms with Crippen LogP contribution in [0.3, 0.4) is 0 Å². The Hall–Kier alpha value is 3.47. The average Bonchev–Trinajstić information content (AvgIpc) is 3.24. The van der Waals surface area contributed by atoms with Crippen LogP contribution in [0, 0.1) is 0 Å². The van der Waals surface area contributed by atoms with Crippen molar-refractivity contribution in [2.45, 2.75) is 18.9 Å². The van der Waals surface area contributed by atoms with Gasteiger partial charge >= 0.3 is 6.16 Å². The zero-order chi connectivity index (χ0) is 42.5. The van der Waals surface area contributed by atoms with Gasteiger partial charge in [-0.2, -0.15) is 0 Å². The summed E-state index contributed by atoms with van der Waals surface area (Å²) in [4.78, 5) is 11.0. The standard InChI is InChI=1S/C7H62O27Si25/c1-2-9-7(8)10-5-3-4-6-36-12-38-14-40-16-42-18-44-20-46-22-48-24-50-26-52-28-54-30-56-32-58-34-59-33-57-31-55-29-53-27-51-25-49-23-47-21-45-19-43-17-41-15-39-13-37-11-35/h2H,1,3-6,36-59H2,35H3. The quantitative estimate of drug-likeness (QED) is 0.0237. The van der Waals surface area contributed by atoms with Crippen LogP contribution >= 0.6 is 0 Å². The minimum absolute atomic E-state index is 0.335. The molecule has 352 valence electrons. The van der Waals surface area contributed by atoms with Gasteiger partial charge in [0.1, 0.15) is 20.2 Å². The number of carbonyl (C=O) groups excluding carboxylic acids is 1. The molecule has 0 aliphatic carbocycles. The van der Waals surface area contributed by atoms with Crippen molar-refractivity contribution in [3.8, 4) is 0 Å². The smallest absolute Gasteiger partial charge is 0.449 e. The van der Waals surface area contributed by atoms with Gasteiger partial charge in [0.25, 0.3) is 230 Å². The van der Waals surface area contributed by atoms with Crippen LogP contribution in [0.15, 0.2) is 12.8 Å². The zero-order valence-corrected chi connectivity index (χ0v) is 69.5. The van der Waals surface area contributed by atoms with Crippen molar-refractivity contribution in [3.63, 3.8) is 0 Å². The number of rotatable bonds is 53. The lowest BCUT2D eigenvalue weighted by Gasteiger charge is -2.10. The van der Waals surface area contributed by atoms with Gasteiger partial charge in [-0.05, 0) is 12.5 Å². The van der Waals surface area contributed by atoms with Gasteiger partial charge < -0.3 is 108 Å². The lowest BCUT2D eigenvalue weighted by atomic mass is 10.4. The van der Waals surface area contributed by atoms with Crippen molar-refractivity contribution in [1.29, 1.82) is 0 Å². The first kappa shape index (κ1) is 62.5. The molecule has 0 bridgehead atoms. The molecular formula is C7H62O27Si25. The third-order valence-electron chi connectivity index (χ3n) is 5.20. The fraction of sp³-hybridized carbons (Fsp3) is 0.571. The van der Waals surface area contributed by atoms with E-state index in [9.17, 15) is 4.79 Å². The molecule has 0 unspecified atom stereocenters. The van der Waals surface area contributed by atoms with Crippen LogP contribution in [-0.2, 0) is 108 Å². The summed E-state index contributed by atoms with van der Waals surface area (Å²) in [6, 6.07) is 1.01. The van der Waals surface area contributed by atoms with Crippen LogP contribution in [0.2, 0.25) is 6.04 Å². The Morgan fingerprint density at radius 3 is 0.847 bits per heavy atom. The Morgan fingerprint density at radius 1 is 0.373 bits per heavy atom. The first-order valence-corrected chi connectivity index (χ1v) is 46.5. The second-order valence-corrected chi connectivity index (χ2v) is 56.2. The molecule has 0 atom stereocenters. The fourth-order valence-electron chi connectivity index (χ4n) is 2.93.